The summed E-state index contributed by atoms with van der Waals surface area (Å²) in [6.45, 7) is 4.69. The molecule has 3 aliphatic heterocycles. The number of ether oxygens (including phenoxy) is 4. The number of aliphatic hydroxyl groups is 1. The number of aromatic nitrogens is 3. The van der Waals surface area contributed by atoms with Crippen molar-refractivity contribution in [1.82, 2.24) is 19.9 Å². The lowest BCUT2D eigenvalue weighted by Gasteiger charge is -2.24. The summed E-state index contributed by atoms with van der Waals surface area (Å²) in [6, 6.07) is 9.96. The molecule has 3 aliphatic rings. The lowest BCUT2D eigenvalue weighted by atomic mass is 10.1. The summed E-state index contributed by atoms with van der Waals surface area (Å²) in [7, 11) is 0. The van der Waals surface area contributed by atoms with E-state index >= 15 is 0 Å². The van der Waals surface area contributed by atoms with Gasteiger partial charge in [0.1, 0.15) is 18.3 Å². The first-order valence-corrected chi connectivity index (χ1v) is 12.1. The molecule has 0 amide bonds. The number of fused-ring (bicyclic) bond motifs is 2. The lowest BCUT2D eigenvalue weighted by molar-refractivity contribution is 0.00706. The molecule has 10 heteroatoms. The third kappa shape index (κ3) is 4.74. The van der Waals surface area contributed by atoms with E-state index in [1.807, 2.05) is 24.3 Å². The average molecular weight is 497 g/mol. The van der Waals surface area contributed by atoms with Crippen LogP contribution in [-0.2, 0) is 14.2 Å². The van der Waals surface area contributed by atoms with Crippen molar-refractivity contribution in [3.05, 3.63) is 40.9 Å². The summed E-state index contributed by atoms with van der Waals surface area (Å²) in [5.74, 6) is 6.45. The van der Waals surface area contributed by atoms with Crippen LogP contribution in [-0.4, -0.2) is 95.4 Å². The standard InChI is InChI=1S/C25H25ClN4O5/c26-17-12-18-24(29-25(27-18)35-20-14-34-22-19(31)13-33-23(20)22)28-21(17)16-5-3-15(4-6-16)2-1-7-30-8-10-32-11-9-30/h3-6,12,19-20,22-23,31H,7-11,13-14H2,(H,27,28,29)/t19?,20?,22?,23-/m1/s1. The highest BCUT2D eigenvalue weighted by Crippen LogP contribution is 2.32. The quantitative estimate of drug-likeness (QED) is 0.528. The second-order valence-electron chi connectivity index (χ2n) is 8.82. The lowest BCUT2D eigenvalue weighted by Crippen LogP contribution is -2.36. The van der Waals surface area contributed by atoms with Gasteiger partial charge in [0, 0.05) is 24.2 Å². The van der Waals surface area contributed by atoms with Crippen LogP contribution in [0.15, 0.2) is 30.3 Å². The molecule has 0 spiro atoms. The number of hydrogen-bond acceptors (Lipinski definition) is 8. The Morgan fingerprint density at radius 1 is 1.11 bits per heavy atom. The van der Waals surface area contributed by atoms with E-state index < -0.39 is 6.10 Å². The SMILES string of the molecule is OC1CO[C@@H]2C(Oc3nc4nc(-c5ccc(C#CCN6CCOCC6)cc5)c(Cl)cc4[nH]3)COC12. The highest BCUT2D eigenvalue weighted by atomic mass is 35.5. The van der Waals surface area contributed by atoms with Gasteiger partial charge in [0.25, 0.3) is 6.01 Å². The maximum atomic E-state index is 9.91. The Kier molecular flexibility index (Phi) is 6.33. The van der Waals surface area contributed by atoms with E-state index in [1.165, 1.54) is 0 Å². The topological polar surface area (TPSA) is 102 Å². The van der Waals surface area contributed by atoms with Crippen LogP contribution in [0.4, 0.5) is 0 Å². The number of morpholine rings is 1. The van der Waals surface area contributed by atoms with Crippen LogP contribution >= 0.6 is 11.6 Å². The van der Waals surface area contributed by atoms with Crippen LogP contribution in [0.3, 0.4) is 0 Å². The van der Waals surface area contributed by atoms with Gasteiger partial charge in [-0.3, -0.25) is 4.90 Å². The van der Waals surface area contributed by atoms with E-state index in [-0.39, 0.29) is 24.9 Å². The molecule has 9 nitrogen and oxygen atoms in total. The second kappa shape index (κ2) is 9.74. The van der Waals surface area contributed by atoms with E-state index in [0.29, 0.717) is 34.5 Å². The first kappa shape index (κ1) is 22.7. The molecule has 182 valence electrons. The van der Waals surface area contributed by atoms with Gasteiger partial charge in [-0.25, -0.2) is 4.98 Å². The van der Waals surface area contributed by atoms with Crippen molar-refractivity contribution in [2.45, 2.75) is 24.4 Å². The highest BCUT2D eigenvalue weighted by Gasteiger charge is 2.48. The number of halogens is 1. The van der Waals surface area contributed by atoms with Crippen LogP contribution < -0.4 is 4.74 Å². The minimum Gasteiger partial charge on any atom is -0.456 e. The number of aromatic amines is 1. The zero-order valence-electron chi connectivity index (χ0n) is 18.9. The largest absolute Gasteiger partial charge is 0.456 e. The predicted octanol–water partition coefficient (Wildman–Crippen LogP) is 1.87. The highest BCUT2D eigenvalue weighted by molar-refractivity contribution is 6.33. The number of nitrogens with zero attached hydrogens (tertiary/aromatic N) is 3. The predicted molar refractivity (Wildman–Crippen MR) is 128 cm³/mol. The van der Waals surface area contributed by atoms with Crippen molar-refractivity contribution in [2.24, 2.45) is 0 Å². The molecule has 0 aliphatic carbocycles. The molecule has 3 saturated heterocycles. The summed E-state index contributed by atoms with van der Waals surface area (Å²) in [6.07, 6.45) is -1.67. The maximum absolute atomic E-state index is 9.91. The van der Waals surface area contributed by atoms with Crippen LogP contribution in [0.2, 0.25) is 5.02 Å². The van der Waals surface area contributed by atoms with Gasteiger partial charge in [0.2, 0.25) is 0 Å². The summed E-state index contributed by atoms with van der Waals surface area (Å²) in [5.41, 5.74) is 3.61. The third-order valence-electron chi connectivity index (χ3n) is 6.45. The van der Waals surface area contributed by atoms with Gasteiger partial charge in [0.15, 0.2) is 11.8 Å². The van der Waals surface area contributed by atoms with E-state index in [4.69, 9.17) is 30.5 Å². The molecule has 3 fully saturated rings. The first-order valence-electron chi connectivity index (χ1n) is 11.7. The number of hydrogen-bond donors (Lipinski definition) is 2. The second-order valence-corrected chi connectivity index (χ2v) is 9.23. The Morgan fingerprint density at radius 2 is 1.91 bits per heavy atom. The zero-order chi connectivity index (χ0) is 23.8. The van der Waals surface area contributed by atoms with Gasteiger partial charge in [-0.1, -0.05) is 35.6 Å². The summed E-state index contributed by atoms with van der Waals surface area (Å²) in [4.78, 5) is 14.5. The Morgan fingerprint density at radius 3 is 2.74 bits per heavy atom. The smallest absolute Gasteiger partial charge is 0.296 e. The third-order valence-corrected chi connectivity index (χ3v) is 6.74. The Balaban J connectivity index is 1.16. The van der Waals surface area contributed by atoms with Gasteiger partial charge in [-0.2, -0.15) is 4.98 Å². The molecule has 3 unspecified atom stereocenters. The fraction of sp³-hybridized carbons (Fsp3) is 0.440. The number of rotatable bonds is 4. The molecule has 2 N–H and O–H groups in total. The number of pyridine rings is 1. The Labute approximate surface area is 207 Å². The van der Waals surface area contributed by atoms with E-state index in [2.05, 4.69) is 31.7 Å². The molecule has 0 saturated carbocycles. The summed E-state index contributed by atoms with van der Waals surface area (Å²) >= 11 is 6.55. The van der Waals surface area contributed by atoms with Gasteiger partial charge in [-0.15, -0.1) is 0 Å². The van der Waals surface area contributed by atoms with Crippen LogP contribution in [0, 0.1) is 11.8 Å². The van der Waals surface area contributed by atoms with Crippen molar-refractivity contribution in [1.29, 1.82) is 0 Å². The fourth-order valence-corrected chi connectivity index (χ4v) is 4.83. The molecule has 2 aromatic heterocycles. The number of benzene rings is 1. The summed E-state index contributed by atoms with van der Waals surface area (Å²) < 4.78 is 22.6. The van der Waals surface area contributed by atoms with Crippen molar-refractivity contribution in [2.75, 3.05) is 46.1 Å². The normalized spacial score (nSPS) is 26.5. The van der Waals surface area contributed by atoms with Crippen LogP contribution in [0.25, 0.3) is 22.4 Å². The number of H-pyrrole nitrogens is 1. The fourth-order valence-electron chi connectivity index (χ4n) is 4.57. The Bertz CT molecular complexity index is 1260. The van der Waals surface area contributed by atoms with Crippen LogP contribution in [0.1, 0.15) is 5.56 Å². The number of imidazole rings is 1. The van der Waals surface area contributed by atoms with Crippen molar-refractivity contribution >= 4 is 22.8 Å². The van der Waals surface area contributed by atoms with Gasteiger partial charge in [-0.05, 0) is 18.2 Å². The van der Waals surface area contributed by atoms with Crippen molar-refractivity contribution < 1.29 is 24.1 Å². The van der Waals surface area contributed by atoms with E-state index in [9.17, 15) is 5.11 Å². The Hall–Kier alpha value is -2.71. The van der Waals surface area contributed by atoms with Crippen molar-refractivity contribution in [3.8, 4) is 29.1 Å². The zero-order valence-corrected chi connectivity index (χ0v) is 19.7. The summed E-state index contributed by atoms with van der Waals surface area (Å²) in [5, 5.41) is 10.4. The number of aliphatic hydroxyl groups excluding tert-OH is 1. The number of nitrogens with one attached hydrogen (secondary N) is 1. The molecular weight excluding hydrogens is 472 g/mol. The molecule has 6 rings (SSSR count). The van der Waals surface area contributed by atoms with Crippen molar-refractivity contribution in [3.63, 3.8) is 0 Å². The van der Waals surface area contributed by atoms with Gasteiger partial charge in [0.05, 0.1) is 49.2 Å². The van der Waals surface area contributed by atoms with Crippen LogP contribution in [0.5, 0.6) is 6.01 Å². The first-order chi connectivity index (χ1) is 17.1. The molecule has 3 aromatic rings. The molecule has 0 radical (unpaired) electrons. The minimum atomic E-state index is -0.630. The maximum Gasteiger partial charge on any atom is 0.296 e. The molecule has 35 heavy (non-hydrogen) atoms. The molecule has 4 atom stereocenters. The minimum absolute atomic E-state index is 0.244. The van der Waals surface area contributed by atoms with Gasteiger partial charge >= 0.3 is 0 Å². The van der Waals surface area contributed by atoms with Gasteiger partial charge < -0.3 is 29.0 Å². The van der Waals surface area contributed by atoms with E-state index in [0.717, 1.165) is 44.0 Å². The molecular formula is C25H25ClN4O5. The monoisotopic (exact) mass is 496 g/mol. The van der Waals surface area contributed by atoms with E-state index in [1.54, 1.807) is 6.07 Å². The average Bonchev–Trinajstić information content (AvgIpc) is 3.56. The molecule has 1 aromatic carbocycles. The molecule has 0 bridgehead atoms. The molecule has 5 heterocycles.